The number of fused-ring (bicyclic) bond motifs is 1. The van der Waals surface area contributed by atoms with E-state index in [-0.39, 0.29) is 6.10 Å². The van der Waals surface area contributed by atoms with Crippen LogP contribution in [0.3, 0.4) is 0 Å². The monoisotopic (exact) mass is 220 g/mol. The van der Waals surface area contributed by atoms with Crippen molar-refractivity contribution in [2.24, 2.45) is 0 Å². The lowest BCUT2D eigenvalue weighted by atomic mass is 10.1. The van der Waals surface area contributed by atoms with E-state index in [9.17, 15) is 0 Å². The molecule has 1 aliphatic rings. The molecule has 0 fully saturated rings. The predicted molar refractivity (Wildman–Crippen MR) is 62.3 cm³/mol. The molecule has 0 saturated carbocycles. The van der Waals surface area contributed by atoms with Crippen LogP contribution in [0.25, 0.3) is 5.57 Å². The predicted octanol–water partition coefficient (Wildman–Crippen LogP) is 2.77. The second kappa shape index (κ2) is 4.18. The number of hydrogen-bond donors (Lipinski definition) is 0. The molecule has 0 amide bonds. The van der Waals surface area contributed by atoms with Gasteiger partial charge in [-0.25, -0.2) is 0 Å². The zero-order chi connectivity index (χ0) is 11.7. The van der Waals surface area contributed by atoms with Gasteiger partial charge >= 0.3 is 0 Å². The lowest BCUT2D eigenvalue weighted by Crippen LogP contribution is -2.03. The maximum absolute atomic E-state index is 5.47. The Morgan fingerprint density at radius 1 is 1.06 bits per heavy atom. The van der Waals surface area contributed by atoms with Crippen LogP contribution in [0.5, 0.6) is 5.75 Å². The smallest absolute Gasteiger partial charge is 0.140 e. The summed E-state index contributed by atoms with van der Waals surface area (Å²) in [6, 6.07) is 5.99. The molecule has 0 aromatic heterocycles. The van der Waals surface area contributed by atoms with Crippen molar-refractivity contribution >= 4 is 5.57 Å². The molecule has 16 heavy (non-hydrogen) atoms. The summed E-state index contributed by atoms with van der Waals surface area (Å²) in [6.07, 6.45) is -0.116. The molecule has 0 saturated heterocycles. The maximum atomic E-state index is 5.47. The highest BCUT2D eigenvalue weighted by Crippen LogP contribution is 2.43. The molecule has 1 aliphatic carbocycles. The van der Waals surface area contributed by atoms with Crippen molar-refractivity contribution in [3.05, 3.63) is 35.1 Å². The molecular formula is C13H16O3. The zero-order valence-corrected chi connectivity index (χ0v) is 10.0. The maximum Gasteiger partial charge on any atom is 0.140 e. The molecule has 0 aliphatic heterocycles. The zero-order valence-electron chi connectivity index (χ0n) is 10.0. The van der Waals surface area contributed by atoms with Crippen LogP contribution in [0.4, 0.5) is 0 Å². The van der Waals surface area contributed by atoms with Gasteiger partial charge in [-0.3, -0.25) is 0 Å². The minimum absolute atomic E-state index is 0.116. The summed E-state index contributed by atoms with van der Waals surface area (Å²) in [5.41, 5.74) is 3.41. The van der Waals surface area contributed by atoms with E-state index in [1.165, 1.54) is 5.56 Å². The van der Waals surface area contributed by atoms with Crippen molar-refractivity contribution in [1.82, 2.24) is 0 Å². The van der Waals surface area contributed by atoms with Crippen molar-refractivity contribution < 1.29 is 14.2 Å². The van der Waals surface area contributed by atoms with E-state index in [0.29, 0.717) is 0 Å². The lowest BCUT2D eigenvalue weighted by Gasteiger charge is -2.14. The van der Waals surface area contributed by atoms with Crippen LogP contribution >= 0.6 is 0 Å². The Kier molecular flexibility index (Phi) is 2.88. The standard InChI is InChI=1S/C13H16O3/c1-8-10-6-5-9(14-2)7-11(10)13(16-4)12(8)15-3/h5-7,13H,1-4H3. The van der Waals surface area contributed by atoms with Gasteiger partial charge < -0.3 is 14.2 Å². The number of benzene rings is 1. The topological polar surface area (TPSA) is 27.7 Å². The minimum atomic E-state index is -0.116. The molecule has 1 aromatic carbocycles. The summed E-state index contributed by atoms with van der Waals surface area (Å²) in [5.74, 6) is 1.72. The van der Waals surface area contributed by atoms with Crippen LogP contribution in [0, 0.1) is 0 Å². The average Bonchev–Trinajstić information content (AvgIpc) is 2.60. The van der Waals surface area contributed by atoms with Gasteiger partial charge in [-0.1, -0.05) is 6.07 Å². The average molecular weight is 220 g/mol. The van der Waals surface area contributed by atoms with Gasteiger partial charge in [-0.05, 0) is 35.8 Å². The van der Waals surface area contributed by atoms with Crippen LogP contribution in [0.2, 0.25) is 0 Å². The second-order valence-electron chi connectivity index (χ2n) is 3.76. The Labute approximate surface area is 95.6 Å². The van der Waals surface area contributed by atoms with Crippen molar-refractivity contribution in [3.63, 3.8) is 0 Å². The summed E-state index contributed by atoms with van der Waals surface area (Å²) < 4.78 is 16.1. The Morgan fingerprint density at radius 2 is 1.81 bits per heavy atom. The third kappa shape index (κ3) is 1.48. The molecule has 0 spiro atoms. The van der Waals surface area contributed by atoms with Gasteiger partial charge in [0.2, 0.25) is 0 Å². The second-order valence-corrected chi connectivity index (χ2v) is 3.76. The van der Waals surface area contributed by atoms with Crippen LogP contribution in [0.1, 0.15) is 24.2 Å². The van der Waals surface area contributed by atoms with Gasteiger partial charge in [0.1, 0.15) is 17.6 Å². The molecular weight excluding hydrogens is 204 g/mol. The van der Waals surface area contributed by atoms with E-state index in [2.05, 4.69) is 0 Å². The summed E-state index contributed by atoms with van der Waals surface area (Å²) in [5, 5.41) is 0. The van der Waals surface area contributed by atoms with E-state index in [1.54, 1.807) is 21.3 Å². The normalized spacial score (nSPS) is 18.6. The molecule has 3 nitrogen and oxygen atoms in total. The summed E-state index contributed by atoms with van der Waals surface area (Å²) in [6.45, 7) is 2.04. The first-order valence-corrected chi connectivity index (χ1v) is 5.18. The third-order valence-corrected chi connectivity index (χ3v) is 3.01. The highest BCUT2D eigenvalue weighted by molar-refractivity contribution is 5.75. The SMILES string of the molecule is COC1=C(C)c2ccc(OC)cc2C1OC. The molecule has 3 heteroatoms. The van der Waals surface area contributed by atoms with Gasteiger partial charge in [0.25, 0.3) is 0 Å². The van der Waals surface area contributed by atoms with E-state index in [1.807, 2.05) is 25.1 Å². The van der Waals surface area contributed by atoms with Crippen molar-refractivity contribution in [2.45, 2.75) is 13.0 Å². The molecule has 1 aromatic rings. The van der Waals surface area contributed by atoms with Gasteiger partial charge in [0.05, 0.1) is 14.2 Å². The summed E-state index contributed by atoms with van der Waals surface area (Å²) in [4.78, 5) is 0. The first-order chi connectivity index (χ1) is 7.72. The Hall–Kier alpha value is -1.48. The van der Waals surface area contributed by atoms with Crippen LogP contribution in [0.15, 0.2) is 24.0 Å². The Balaban J connectivity index is 2.52. The molecule has 0 heterocycles. The van der Waals surface area contributed by atoms with Crippen LogP contribution in [-0.2, 0) is 9.47 Å². The number of ether oxygens (including phenoxy) is 3. The number of hydrogen-bond acceptors (Lipinski definition) is 3. The fraction of sp³-hybridized carbons (Fsp3) is 0.385. The number of methoxy groups -OCH3 is 3. The summed E-state index contributed by atoms with van der Waals surface area (Å²) in [7, 11) is 5.02. The number of rotatable bonds is 3. The van der Waals surface area contributed by atoms with Gasteiger partial charge in [-0.2, -0.15) is 0 Å². The number of allylic oxidation sites excluding steroid dienone is 1. The van der Waals surface area contributed by atoms with Crippen molar-refractivity contribution in [1.29, 1.82) is 0 Å². The first kappa shape index (κ1) is 11.0. The largest absolute Gasteiger partial charge is 0.498 e. The van der Waals surface area contributed by atoms with E-state index in [4.69, 9.17) is 14.2 Å². The highest BCUT2D eigenvalue weighted by Gasteiger charge is 2.30. The van der Waals surface area contributed by atoms with Gasteiger partial charge in [0.15, 0.2) is 0 Å². The van der Waals surface area contributed by atoms with Gasteiger partial charge in [0, 0.05) is 7.11 Å². The molecule has 0 radical (unpaired) electrons. The van der Waals surface area contributed by atoms with Crippen molar-refractivity contribution in [2.75, 3.05) is 21.3 Å². The molecule has 0 bridgehead atoms. The van der Waals surface area contributed by atoms with E-state index in [0.717, 1.165) is 22.6 Å². The molecule has 86 valence electrons. The Morgan fingerprint density at radius 3 is 2.38 bits per heavy atom. The lowest BCUT2D eigenvalue weighted by molar-refractivity contribution is 0.0833. The van der Waals surface area contributed by atoms with Crippen LogP contribution in [-0.4, -0.2) is 21.3 Å². The fourth-order valence-electron chi connectivity index (χ4n) is 2.19. The summed E-state index contributed by atoms with van der Waals surface area (Å²) >= 11 is 0. The Bertz CT molecular complexity index is 435. The van der Waals surface area contributed by atoms with Crippen molar-refractivity contribution in [3.8, 4) is 5.75 Å². The molecule has 2 rings (SSSR count). The quantitative estimate of drug-likeness (QED) is 0.784. The molecule has 1 atom stereocenters. The van der Waals surface area contributed by atoms with Crippen LogP contribution < -0.4 is 4.74 Å². The van der Waals surface area contributed by atoms with E-state index < -0.39 is 0 Å². The van der Waals surface area contributed by atoms with Gasteiger partial charge in [-0.15, -0.1) is 0 Å². The molecule has 0 N–H and O–H groups in total. The fourth-order valence-corrected chi connectivity index (χ4v) is 2.19. The minimum Gasteiger partial charge on any atom is -0.498 e. The molecule has 1 unspecified atom stereocenters. The van der Waals surface area contributed by atoms with E-state index >= 15 is 0 Å². The first-order valence-electron chi connectivity index (χ1n) is 5.18. The third-order valence-electron chi connectivity index (χ3n) is 3.01. The highest BCUT2D eigenvalue weighted by atomic mass is 16.5.